The van der Waals surface area contributed by atoms with Gasteiger partial charge in [0.25, 0.3) is 0 Å². The van der Waals surface area contributed by atoms with Crippen LogP contribution in [0.2, 0.25) is 0 Å². The zero-order valence-corrected chi connectivity index (χ0v) is 17.5. The Morgan fingerprint density at radius 3 is 2.14 bits per heavy atom. The van der Waals surface area contributed by atoms with E-state index in [1.54, 1.807) is 30.1 Å². The van der Waals surface area contributed by atoms with Gasteiger partial charge >= 0.3 is 5.97 Å². The van der Waals surface area contributed by atoms with Crippen molar-refractivity contribution in [3.05, 3.63) is 58.7 Å². The van der Waals surface area contributed by atoms with Gasteiger partial charge < -0.3 is 15.4 Å². The minimum Gasteiger partial charge on any atom is -0.465 e. The Hall–Kier alpha value is -3.19. The number of esters is 1. The number of methoxy groups -OCH3 is 1. The molecule has 2 N–H and O–H groups in total. The number of likely N-dealkylation sites (N-methyl/N-ethyl adjacent to an activating group) is 1. The number of amides is 2. The van der Waals surface area contributed by atoms with Crippen molar-refractivity contribution < 1.29 is 19.1 Å². The van der Waals surface area contributed by atoms with E-state index in [2.05, 4.69) is 10.6 Å². The van der Waals surface area contributed by atoms with Gasteiger partial charge in [0.15, 0.2) is 0 Å². The van der Waals surface area contributed by atoms with Gasteiger partial charge in [0.1, 0.15) is 0 Å². The Labute approximate surface area is 171 Å². The van der Waals surface area contributed by atoms with Crippen molar-refractivity contribution in [2.24, 2.45) is 0 Å². The number of aryl methyl sites for hydroxylation is 2. The first-order chi connectivity index (χ1) is 13.7. The molecule has 0 unspecified atom stereocenters. The van der Waals surface area contributed by atoms with Crippen molar-refractivity contribution in [2.75, 3.05) is 37.9 Å². The lowest BCUT2D eigenvalue weighted by atomic mass is 10.1. The molecule has 0 heterocycles. The van der Waals surface area contributed by atoms with Crippen LogP contribution < -0.4 is 10.6 Å². The summed E-state index contributed by atoms with van der Waals surface area (Å²) in [6.45, 7) is 5.87. The highest BCUT2D eigenvalue weighted by Crippen LogP contribution is 2.19. The van der Waals surface area contributed by atoms with Gasteiger partial charge in [-0.15, -0.1) is 0 Å². The molecule has 2 amide bonds. The van der Waals surface area contributed by atoms with Crippen LogP contribution in [-0.2, 0) is 14.3 Å². The van der Waals surface area contributed by atoms with Crippen molar-refractivity contribution in [3.8, 4) is 0 Å². The fourth-order valence-electron chi connectivity index (χ4n) is 2.81. The lowest BCUT2D eigenvalue weighted by Crippen LogP contribution is -2.36. The molecule has 2 rings (SSSR count). The lowest BCUT2D eigenvalue weighted by molar-refractivity contribution is -0.119. The maximum atomic E-state index is 12.4. The third kappa shape index (κ3) is 6.15. The first-order valence-electron chi connectivity index (χ1n) is 9.24. The van der Waals surface area contributed by atoms with E-state index < -0.39 is 5.97 Å². The van der Waals surface area contributed by atoms with E-state index in [1.807, 2.05) is 39.0 Å². The summed E-state index contributed by atoms with van der Waals surface area (Å²) in [4.78, 5) is 38.0. The first-order valence-corrected chi connectivity index (χ1v) is 9.24. The molecule has 2 aromatic carbocycles. The van der Waals surface area contributed by atoms with Crippen molar-refractivity contribution >= 4 is 29.2 Å². The number of rotatable bonds is 7. The van der Waals surface area contributed by atoms with Crippen LogP contribution in [0.15, 0.2) is 36.4 Å². The Morgan fingerprint density at radius 2 is 1.52 bits per heavy atom. The minimum atomic E-state index is -0.472. The fraction of sp³-hybridized carbons (Fsp3) is 0.318. The molecule has 0 saturated carbocycles. The van der Waals surface area contributed by atoms with Crippen molar-refractivity contribution in [3.63, 3.8) is 0 Å². The normalized spacial score (nSPS) is 10.6. The summed E-state index contributed by atoms with van der Waals surface area (Å²) in [7, 11) is 3.00. The number of hydrogen-bond donors (Lipinski definition) is 2. The van der Waals surface area contributed by atoms with Crippen LogP contribution in [0, 0.1) is 20.8 Å². The highest BCUT2D eigenvalue weighted by molar-refractivity contribution is 5.97. The second-order valence-electron chi connectivity index (χ2n) is 7.04. The Morgan fingerprint density at radius 1 is 0.897 bits per heavy atom. The van der Waals surface area contributed by atoms with Gasteiger partial charge in [0.2, 0.25) is 11.8 Å². The third-order valence-corrected chi connectivity index (χ3v) is 4.64. The van der Waals surface area contributed by atoms with Gasteiger partial charge in [-0.25, -0.2) is 4.79 Å². The maximum absolute atomic E-state index is 12.4. The van der Waals surface area contributed by atoms with Crippen molar-refractivity contribution in [1.29, 1.82) is 0 Å². The van der Waals surface area contributed by atoms with Crippen LogP contribution in [0.25, 0.3) is 0 Å². The third-order valence-electron chi connectivity index (χ3n) is 4.64. The Bertz CT molecular complexity index is 924. The number of hydrogen-bond acceptors (Lipinski definition) is 5. The largest absolute Gasteiger partial charge is 0.465 e. The molecule has 0 saturated heterocycles. The molecular weight excluding hydrogens is 370 g/mol. The van der Waals surface area contributed by atoms with E-state index in [4.69, 9.17) is 4.74 Å². The maximum Gasteiger partial charge on any atom is 0.337 e. The molecule has 0 aliphatic carbocycles. The quantitative estimate of drug-likeness (QED) is 0.702. The molecule has 0 fully saturated rings. The van der Waals surface area contributed by atoms with Gasteiger partial charge in [0, 0.05) is 11.4 Å². The van der Waals surface area contributed by atoms with E-state index in [9.17, 15) is 14.4 Å². The number of nitrogens with one attached hydrogen (secondary N) is 2. The first kappa shape index (κ1) is 22.1. The minimum absolute atomic E-state index is 0.0299. The van der Waals surface area contributed by atoms with Crippen LogP contribution in [0.1, 0.15) is 27.0 Å². The summed E-state index contributed by atoms with van der Waals surface area (Å²) < 4.78 is 4.70. The Kier molecular flexibility index (Phi) is 7.50. The summed E-state index contributed by atoms with van der Waals surface area (Å²) in [5.41, 5.74) is 4.59. The molecule has 7 heteroatoms. The number of ether oxygens (including phenoxy) is 1. The van der Waals surface area contributed by atoms with Crippen LogP contribution in [0.3, 0.4) is 0 Å². The monoisotopic (exact) mass is 397 g/mol. The topological polar surface area (TPSA) is 87.7 Å². The molecule has 0 aromatic heterocycles. The lowest BCUT2D eigenvalue weighted by Gasteiger charge is -2.17. The predicted molar refractivity (Wildman–Crippen MR) is 113 cm³/mol. The average molecular weight is 397 g/mol. The molecular formula is C22H27N3O4. The van der Waals surface area contributed by atoms with Gasteiger partial charge in [-0.05, 0) is 62.7 Å². The van der Waals surface area contributed by atoms with E-state index in [-0.39, 0.29) is 24.9 Å². The molecule has 154 valence electrons. The Balaban J connectivity index is 1.93. The summed E-state index contributed by atoms with van der Waals surface area (Å²) >= 11 is 0. The van der Waals surface area contributed by atoms with Gasteiger partial charge in [0.05, 0.1) is 25.8 Å². The molecule has 2 aromatic rings. The second-order valence-corrected chi connectivity index (χ2v) is 7.04. The SMILES string of the molecule is COC(=O)c1ccc(C)c(NC(=O)CN(C)CC(=O)Nc2cccc(C)c2C)c1. The van der Waals surface area contributed by atoms with Gasteiger partial charge in [-0.2, -0.15) is 0 Å². The zero-order valence-electron chi connectivity index (χ0n) is 17.5. The van der Waals surface area contributed by atoms with E-state index >= 15 is 0 Å². The average Bonchev–Trinajstić information content (AvgIpc) is 2.66. The smallest absolute Gasteiger partial charge is 0.337 e. The highest BCUT2D eigenvalue weighted by Gasteiger charge is 2.14. The molecule has 0 spiro atoms. The predicted octanol–water partition coefficient (Wildman–Crippen LogP) is 2.91. The van der Waals surface area contributed by atoms with Crippen LogP contribution in [-0.4, -0.2) is 49.9 Å². The highest BCUT2D eigenvalue weighted by atomic mass is 16.5. The van der Waals surface area contributed by atoms with Crippen LogP contribution in [0.5, 0.6) is 0 Å². The van der Waals surface area contributed by atoms with E-state index in [0.29, 0.717) is 11.3 Å². The van der Waals surface area contributed by atoms with Gasteiger partial charge in [-0.1, -0.05) is 18.2 Å². The zero-order chi connectivity index (χ0) is 21.6. The van der Waals surface area contributed by atoms with Crippen LogP contribution >= 0.6 is 0 Å². The number of nitrogens with zero attached hydrogens (tertiary/aromatic N) is 1. The summed E-state index contributed by atoms with van der Waals surface area (Å²) in [5.74, 6) is -0.948. The number of carbonyl (C=O) groups excluding carboxylic acids is 3. The summed E-state index contributed by atoms with van der Waals surface area (Å²) in [6.07, 6.45) is 0. The standard InChI is InChI=1S/C22H27N3O4/c1-14-7-6-8-18(16(14)3)23-20(26)12-25(4)13-21(27)24-19-11-17(22(28)29-5)10-9-15(19)2/h6-11H,12-13H2,1-5H3,(H,23,26)(H,24,27). The number of carbonyl (C=O) groups is 3. The number of anilines is 2. The molecule has 0 aliphatic heterocycles. The molecule has 0 atom stereocenters. The summed E-state index contributed by atoms with van der Waals surface area (Å²) in [6, 6.07) is 10.7. The van der Waals surface area contributed by atoms with Gasteiger partial charge in [-0.3, -0.25) is 14.5 Å². The summed E-state index contributed by atoms with van der Waals surface area (Å²) in [5, 5.41) is 5.66. The van der Waals surface area contributed by atoms with E-state index in [1.165, 1.54) is 7.11 Å². The van der Waals surface area contributed by atoms with Crippen LogP contribution in [0.4, 0.5) is 11.4 Å². The molecule has 0 aliphatic rings. The molecule has 0 bridgehead atoms. The fourth-order valence-corrected chi connectivity index (χ4v) is 2.81. The molecule has 29 heavy (non-hydrogen) atoms. The van der Waals surface area contributed by atoms with Crippen molar-refractivity contribution in [2.45, 2.75) is 20.8 Å². The second kappa shape index (κ2) is 9.84. The molecule has 0 radical (unpaired) electrons. The van der Waals surface area contributed by atoms with Crippen molar-refractivity contribution in [1.82, 2.24) is 4.90 Å². The van der Waals surface area contributed by atoms with E-state index in [0.717, 1.165) is 22.4 Å². The molecule has 7 nitrogen and oxygen atoms in total. The number of benzene rings is 2.